The monoisotopic (exact) mass is 428 g/mol. The van der Waals surface area contributed by atoms with Crippen LogP contribution in [0.5, 0.6) is 5.75 Å². The van der Waals surface area contributed by atoms with Crippen LogP contribution in [0.1, 0.15) is 35.2 Å². The molecule has 1 amide bonds. The Hall–Kier alpha value is -3.93. The van der Waals surface area contributed by atoms with Gasteiger partial charge >= 0.3 is 0 Å². The minimum atomic E-state index is -0.771. The van der Waals surface area contributed by atoms with Crippen LogP contribution < -0.4 is 9.64 Å². The lowest BCUT2D eigenvalue weighted by molar-refractivity contribution is -0.132. The van der Waals surface area contributed by atoms with Crippen LogP contribution in [-0.4, -0.2) is 28.9 Å². The molecule has 1 atom stereocenters. The molecule has 2 heterocycles. The summed E-state index contributed by atoms with van der Waals surface area (Å²) in [6.07, 6.45) is 4.08. The van der Waals surface area contributed by atoms with Gasteiger partial charge in [0.15, 0.2) is 0 Å². The van der Waals surface area contributed by atoms with Crippen LogP contribution in [0.25, 0.3) is 5.76 Å². The van der Waals surface area contributed by atoms with Crippen molar-refractivity contribution in [2.75, 3.05) is 12.0 Å². The van der Waals surface area contributed by atoms with Crippen LogP contribution in [0.2, 0.25) is 0 Å². The standard InChI is InChI=1S/C26H24N2O4/c1-4-17-5-7-19(8-6-17)28-23(18-11-13-27-14-12-18)22(25(30)26(28)31)24(29)21-10-9-20(32-3)15-16(21)2/h5-15,23,29H,4H2,1-3H3/b24-22-. The minimum absolute atomic E-state index is 0.0500. The van der Waals surface area contributed by atoms with Crippen molar-refractivity contribution >= 4 is 23.1 Å². The van der Waals surface area contributed by atoms with Crippen molar-refractivity contribution in [1.29, 1.82) is 0 Å². The number of rotatable bonds is 5. The molecule has 3 aromatic rings. The highest BCUT2D eigenvalue weighted by Gasteiger charge is 2.47. The van der Waals surface area contributed by atoms with Gasteiger partial charge in [0.2, 0.25) is 0 Å². The van der Waals surface area contributed by atoms with Crippen molar-refractivity contribution < 1.29 is 19.4 Å². The van der Waals surface area contributed by atoms with Crippen molar-refractivity contribution in [1.82, 2.24) is 4.98 Å². The summed E-state index contributed by atoms with van der Waals surface area (Å²) in [5, 5.41) is 11.3. The van der Waals surface area contributed by atoms with Gasteiger partial charge in [0.25, 0.3) is 11.7 Å². The maximum atomic E-state index is 13.2. The summed E-state index contributed by atoms with van der Waals surface area (Å²) in [5.41, 5.74) is 3.66. The number of amides is 1. The molecule has 1 aromatic heterocycles. The average Bonchev–Trinajstić information content (AvgIpc) is 3.09. The smallest absolute Gasteiger partial charge is 0.300 e. The van der Waals surface area contributed by atoms with E-state index in [4.69, 9.17) is 4.74 Å². The van der Waals surface area contributed by atoms with E-state index in [0.717, 1.165) is 17.5 Å². The zero-order valence-electron chi connectivity index (χ0n) is 18.2. The first-order valence-corrected chi connectivity index (χ1v) is 10.4. The molecule has 1 aliphatic heterocycles. The van der Waals surface area contributed by atoms with Gasteiger partial charge in [-0.2, -0.15) is 0 Å². The van der Waals surface area contributed by atoms with Crippen LogP contribution in [0.15, 0.2) is 72.6 Å². The predicted octanol–water partition coefficient (Wildman–Crippen LogP) is 4.59. The average molecular weight is 428 g/mol. The number of methoxy groups -OCH3 is 1. The van der Waals surface area contributed by atoms with Crippen LogP contribution in [0, 0.1) is 6.92 Å². The second kappa shape index (κ2) is 8.67. The molecule has 0 bridgehead atoms. The number of aromatic nitrogens is 1. The number of Topliss-reactive ketones (excluding diaryl/α,β-unsaturated/α-hetero) is 1. The zero-order valence-corrected chi connectivity index (χ0v) is 18.2. The van der Waals surface area contributed by atoms with E-state index >= 15 is 0 Å². The first-order chi connectivity index (χ1) is 15.5. The summed E-state index contributed by atoms with van der Waals surface area (Å²) in [5.74, 6) is -0.970. The molecule has 6 nitrogen and oxygen atoms in total. The third-order valence-electron chi connectivity index (χ3n) is 5.78. The molecule has 0 spiro atoms. The maximum Gasteiger partial charge on any atom is 0.300 e. The Morgan fingerprint density at radius 2 is 1.75 bits per heavy atom. The van der Waals surface area contributed by atoms with Crippen molar-refractivity contribution in [3.8, 4) is 5.75 Å². The van der Waals surface area contributed by atoms with E-state index in [-0.39, 0.29) is 11.3 Å². The molecule has 1 N–H and O–H groups in total. The van der Waals surface area contributed by atoms with E-state index in [9.17, 15) is 14.7 Å². The number of ether oxygens (including phenoxy) is 1. The quantitative estimate of drug-likeness (QED) is 0.365. The Labute approximate surface area is 186 Å². The highest BCUT2D eigenvalue weighted by molar-refractivity contribution is 6.51. The first kappa shape index (κ1) is 21.3. The molecule has 0 radical (unpaired) electrons. The van der Waals surface area contributed by atoms with E-state index in [1.807, 2.05) is 31.2 Å². The topological polar surface area (TPSA) is 79.7 Å². The van der Waals surface area contributed by atoms with Crippen LogP contribution in [-0.2, 0) is 16.0 Å². The van der Waals surface area contributed by atoms with Gasteiger partial charge in [-0.25, -0.2) is 0 Å². The van der Waals surface area contributed by atoms with E-state index in [0.29, 0.717) is 22.6 Å². The Balaban J connectivity index is 1.91. The molecule has 0 saturated carbocycles. The van der Waals surface area contributed by atoms with Gasteiger partial charge < -0.3 is 9.84 Å². The third kappa shape index (κ3) is 3.64. The van der Waals surface area contributed by atoms with Gasteiger partial charge in [-0.05, 0) is 72.5 Å². The Morgan fingerprint density at radius 1 is 1.06 bits per heavy atom. The van der Waals surface area contributed by atoms with Crippen LogP contribution in [0.3, 0.4) is 0 Å². The number of hydrogen-bond acceptors (Lipinski definition) is 5. The fourth-order valence-corrected chi connectivity index (χ4v) is 4.03. The number of ketones is 1. The van der Waals surface area contributed by atoms with E-state index < -0.39 is 17.7 Å². The van der Waals surface area contributed by atoms with Crippen LogP contribution >= 0.6 is 0 Å². The molecular weight excluding hydrogens is 404 g/mol. The number of aryl methyl sites for hydroxylation is 2. The highest BCUT2D eigenvalue weighted by atomic mass is 16.5. The summed E-state index contributed by atoms with van der Waals surface area (Å²) in [4.78, 5) is 31.9. The molecule has 0 aliphatic carbocycles. The number of carbonyl (C=O) groups excluding carboxylic acids is 2. The van der Waals surface area contributed by atoms with Gasteiger partial charge in [-0.15, -0.1) is 0 Å². The van der Waals surface area contributed by atoms with Crippen molar-refractivity contribution in [3.63, 3.8) is 0 Å². The lowest BCUT2D eigenvalue weighted by Crippen LogP contribution is -2.29. The summed E-state index contributed by atoms with van der Waals surface area (Å²) in [6, 6.07) is 15.4. The van der Waals surface area contributed by atoms with Crippen molar-refractivity contribution in [3.05, 3.63) is 94.8 Å². The van der Waals surface area contributed by atoms with Crippen molar-refractivity contribution in [2.24, 2.45) is 0 Å². The van der Waals surface area contributed by atoms with Gasteiger partial charge in [-0.3, -0.25) is 19.5 Å². The molecule has 2 aromatic carbocycles. The lowest BCUT2D eigenvalue weighted by atomic mass is 9.94. The summed E-state index contributed by atoms with van der Waals surface area (Å²) >= 11 is 0. The number of pyridine rings is 1. The zero-order chi connectivity index (χ0) is 22.8. The predicted molar refractivity (Wildman–Crippen MR) is 123 cm³/mol. The molecule has 6 heteroatoms. The van der Waals surface area contributed by atoms with Gasteiger partial charge in [0, 0.05) is 23.6 Å². The second-order valence-corrected chi connectivity index (χ2v) is 7.65. The number of anilines is 1. The van der Waals surface area contributed by atoms with E-state index in [1.165, 1.54) is 4.90 Å². The number of aliphatic hydroxyl groups excluding tert-OH is 1. The minimum Gasteiger partial charge on any atom is -0.507 e. The molecular formula is C26H24N2O4. The van der Waals surface area contributed by atoms with Crippen LogP contribution in [0.4, 0.5) is 5.69 Å². The van der Waals surface area contributed by atoms with Gasteiger partial charge in [0.05, 0.1) is 18.7 Å². The number of carbonyl (C=O) groups is 2. The molecule has 1 aliphatic rings. The SMILES string of the molecule is CCc1ccc(N2C(=O)C(=O)/C(=C(\O)c3ccc(OC)cc3C)C2c2ccncc2)cc1. The van der Waals surface area contributed by atoms with E-state index in [2.05, 4.69) is 11.9 Å². The Morgan fingerprint density at radius 3 is 2.34 bits per heavy atom. The van der Waals surface area contributed by atoms with Crippen molar-refractivity contribution in [2.45, 2.75) is 26.3 Å². The lowest BCUT2D eigenvalue weighted by Gasteiger charge is -2.25. The molecule has 1 unspecified atom stereocenters. The number of nitrogens with zero attached hydrogens (tertiary/aromatic N) is 2. The number of aliphatic hydroxyl groups is 1. The normalized spacial score (nSPS) is 17.6. The number of benzene rings is 2. The van der Waals surface area contributed by atoms with Gasteiger partial charge in [-0.1, -0.05) is 19.1 Å². The number of hydrogen-bond donors (Lipinski definition) is 1. The fraction of sp³-hybridized carbons (Fsp3) is 0.192. The second-order valence-electron chi connectivity index (χ2n) is 7.65. The Kier molecular flexibility index (Phi) is 5.77. The molecule has 32 heavy (non-hydrogen) atoms. The maximum absolute atomic E-state index is 13.2. The molecule has 1 fully saturated rings. The largest absolute Gasteiger partial charge is 0.507 e. The van der Waals surface area contributed by atoms with E-state index in [1.54, 1.807) is 49.8 Å². The highest BCUT2D eigenvalue weighted by Crippen LogP contribution is 2.42. The molecule has 162 valence electrons. The summed E-state index contributed by atoms with van der Waals surface area (Å²) < 4.78 is 5.24. The summed E-state index contributed by atoms with van der Waals surface area (Å²) in [7, 11) is 1.56. The molecule has 4 rings (SSSR count). The van der Waals surface area contributed by atoms with Gasteiger partial charge in [0.1, 0.15) is 11.5 Å². The fourth-order valence-electron chi connectivity index (χ4n) is 4.03. The third-order valence-corrected chi connectivity index (χ3v) is 5.78. The first-order valence-electron chi connectivity index (χ1n) is 10.4. The molecule has 1 saturated heterocycles. The summed E-state index contributed by atoms with van der Waals surface area (Å²) in [6.45, 7) is 3.87. The Bertz CT molecular complexity index is 1200.